The van der Waals surface area contributed by atoms with E-state index >= 15 is 0 Å². The van der Waals surface area contributed by atoms with Crippen molar-refractivity contribution in [3.63, 3.8) is 0 Å². The Morgan fingerprint density at radius 3 is 2.35 bits per heavy atom. The van der Waals surface area contributed by atoms with Crippen LogP contribution in [0.15, 0.2) is 77.9 Å². The Hall–Kier alpha value is -3.37. The molecule has 5 heteroatoms. The molecule has 0 spiro atoms. The minimum atomic E-state index is -0.141. The van der Waals surface area contributed by atoms with E-state index in [1.807, 2.05) is 43.3 Å². The van der Waals surface area contributed by atoms with Crippen LogP contribution in [0.25, 0.3) is 21.5 Å². The minimum Gasteiger partial charge on any atom is -0.493 e. The van der Waals surface area contributed by atoms with Crippen LogP contribution < -0.4 is 10.2 Å². The fourth-order valence-corrected chi connectivity index (χ4v) is 3.83. The lowest BCUT2D eigenvalue weighted by molar-refractivity contribution is -0.121. The molecule has 1 N–H and O–H groups in total. The number of hydrogen-bond donors (Lipinski definition) is 1. The summed E-state index contributed by atoms with van der Waals surface area (Å²) in [6, 6.07) is 24.0. The van der Waals surface area contributed by atoms with Crippen LogP contribution in [0.1, 0.15) is 24.0 Å². The molecule has 0 aliphatic carbocycles. The van der Waals surface area contributed by atoms with Crippen LogP contribution in [0.5, 0.6) is 5.75 Å². The highest BCUT2D eigenvalue weighted by molar-refractivity contribution is 6.30. The molecule has 0 aromatic heterocycles. The van der Waals surface area contributed by atoms with Crippen LogP contribution in [-0.2, 0) is 4.79 Å². The number of benzene rings is 4. The number of carbonyl (C=O) groups is 1. The number of amides is 1. The second kappa shape index (κ2) is 9.63. The summed E-state index contributed by atoms with van der Waals surface area (Å²) in [6.45, 7) is 2.40. The summed E-state index contributed by atoms with van der Waals surface area (Å²) in [5, 5.41) is 9.39. The fourth-order valence-electron chi connectivity index (χ4n) is 3.60. The van der Waals surface area contributed by atoms with Crippen molar-refractivity contribution >= 4 is 45.3 Å². The maximum absolute atomic E-state index is 12.2. The van der Waals surface area contributed by atoms with E-state index in [0.717, 1.165) is 38.4 Å². The highest BCUT2D eigenvalue weighted by atomic mass is 35.5. The Bertz CT molecular complexity index is 1210. The molecule has 0 heterocycles. The molecule has 4 rings (SSSR count). The minimum absolute atomic E-state index is 0.141. The van der Waals surface area contributed by atoms with Gasteiger partial charge in [0.15, 0.2) is 0 Å². The van der Waals surface area contributed by atoms with Gasteiger partial charge in [0.05, 0.1) is 12.8 Å². The molecule has 0 unspecified atom stereocenters. The van der Waals surface area contributed by atoms with Crippen LogP contribution in [0, 0.1) is 6.92 Å². The van der Waals surface area contributed by atoms with Crippen molar-refractivity contribution in [3.05, 3.63) is 88.9 Å². The average Bonchev–Trinajstić information content (AvgIpc) is 2.77. The van der Waals surface area contributed by atoms with Gasteiger partial charge in [-0.1, -0.05) is 60.1 Å². The number of nitrogens with one attached hydrogen (secondary N) is 1. The highest BCUT2D eigenvalue weighted by Crippen LogP contribution is 2.27. The number of nitrogens with zero attached hydrogens (tertiary/aromatic N) is 1. The van der Waals surface area contributed by atoms with E-state index in [9.17, 15) is 4.79 Å². The summed E-state index contributed by atoms with van der Waals surface area (Å²) < 4.78 is 5.74. The first-order chi connectivity index (χ1) is 15.1. The Kier molecular flexibility index (Phi) is 6.48. The smallest absolute Gasteiger partial charge is 0.240 e. The standard InChI is InChI=1S/C26H23ClN2O2/c1-18-15-21(27)12-13-25(18)31-14-6-11-26(30)29-28-17-24-22-9-4-2-7-19(22)16-20-8-3-5-10-23(20)24/h2-5,7-10,12-13,15-17H,6,11,14H2,1H3,(H,29,30)/b28-17+. The summed E-state index contributed by atoms with van der Waals surface area (Å²) >= 11 is 5.96. The van der Waals surface area contributed by atoms with E-state index in [1.165, 1.54) is 0 Å². The van der Waals surface area contributed by atoms with Crippen molar-refractivity contribution in [2.75, 3.05) is 6.61 Å². The molecule has 0 bridgehead atoms. The topological polar surface area (TPSA) is 50.7 Å². The van der Waals surface area contributed by atoms with Crippen LogP contribution in [0.2, 0.25) is 5.02 Å². The molecule has 0 saturated carbocycles. The molecular formula is C26H23ClN2O2. The first-order valence-corrected chi connectivity index (χ1v) is 10.6. The van der Waals surface area contributed by atoms with Gasteiger partial charge >= 0.3 is 0 Å². The molecule has 156 valence electrons. The SMILES string of the molecule is Cc1cc(Cl)ccc1OCCCC(=O)N/N=C/c1c2ccccc2cc2ccccc12. The van der Waals surface area contributed by atoms with Gasteiger partial charge in [0.25, 0.3) is 0 Å². The first kappa shape index (κ1) is 20.9. The summed E-state index contributed by atoms with van der Waals surface area (Å²) in [6.07, 6.45) is 2.66. The van der Waals surface area contributed by atoms with E-state index in [1.54, 1.807) is 12.3 Å². The lowest BCUT2D eigenvalue weighted by Crippen LogP contribution is -2.18. The summed E-state index contributed by atoms with van der Waals surface area (Å²) in [4.78, 5) is 12.2. The van der Waals surface area contributed by atoms with Gasteiger partial charge < -0.3 is 4.74 Å². The van der Waals surface area contributed by atoms with Gasteiger partial charge in [-0.2, -0.15) is 5.10 Å². The van der Waals surface area contributed by atoms with Crippen molar-refractivity contribution < 1.29 is 9.53 Å². The van der Waals surface area contributed by atoms with E-state index in [4.69, 9.17) is 16.3 Å². The van der Waals surface area contributed by atoms with Crippen LogP contribution in [0.3, 0.4) is 0 Å². The monoisotopic (exact) mass is 430 g/mol. The molecule has 0 aliphatic rings. The third-order valence-corrected chi connectivity index (χ3v) is 5.37. The molecule has 4 nitrogen and oxygen atoms in total. The number of hydrazone groups is 1. The first-order valence-electron chi connectivity index (χ1n) is 10.2. The number of ether oxygens (including phenoxy) is 1. The quantitative estimate of drug-likeness (QED) is 0.163. The molecule has 31 heavy (non-hydrogen) atoms. The van der Waals surface area contributed by atoms with Gasteiger partial charge in [0.2, 0.25) is 5.91 Å². The Morgan fingerprint density at radius 2 is 1.68 bits per heavy atom. The van der Waals surface area contributed by atoms with Gasteiger partial charge in [-0.05, 0) is 64.7 Å². The maximum atomic E-state index is 12.2. The van der Waals surface area contributed by atoms with Crippen LogP contribution >= 0.6 is 11.6 Å². The van der Waals surface area contributed by atoms with E-state index in [-0.39, 0.29) is 5.91 Å². The van der Waals surface area contributed by atoms with Crippen molar-refractivity contribution in [1.82, 2.24) is 5.43 Å². The van der Waals surface area contributed by atoms with E-state index in [2.05, 4.69) is 40.9 Å². The second-order valence-electron chi connectivity index (χ2n) is 7.39. The molecule has 4 aromatic rings. The number of aryl methyl sites for hydroxylation is 1. The Balaban J connectivity index is 1.37. The van der Waals surface area contributed by atoms with Gasteiger partial charge in [0.1, 0.15) is 5.75 Å². The zero-order chi connectivity index (χ0) is 21.6. The van der Waals surface area contributed by atoms with Gasteiger partial charge in [-0.3, -0.25) is 4.79 Å². The van der Waals surface area contributed by atoms with Crippen molar-refractivity contribution in [1.29, 1.82) is 0 Å². The second-order valence-corrected chi connectivity index (χ2v) is 7.82. The predicted octanol–water partition coefficient (Wildman–Crippen LogP) is 6.26. The number of fused-ring (bicyclic) bond motifs is 2. The Labute approximate surface area is 186 Å². The summed E-state index contributed by atoms with van der Waals surface area (Å²) in [5.74, 6) is 0.642. The number of carbonyl (C=O) groups excluding carboxylic acids is 1. The summed E-state index contributed by atoms with van der Waals surface area (Å²) in [7, 11) is 0. The third-order valence-electron chi connectivity index (χ3n) is 5.14. The lowest BCUT2D eigenvalue weighted by Gasteiger charge is -2.09. The van der Waals surface area contributed by atoms with Gasteiger partial charge in [-0.25, -0.2) is 5.43 Å². The largest absolute Gasteiger partial charge is 0.493 e. The Morgan fingerprint density at radius 1 is 1.00 bits per heavy atom. The zero-order valence-electron chi connectivity index (χ0n) is 17.3. The number of halogens is 1. The molecule has 0 fully saturated rings. The van der Waals surface area contributed by atoms with Crippen molar-refractivity contribution in [2.24, 2.45) is 5.10 Å². The third kappa shape index (κ3) is 5.04. The molecule has 1 amide bonds. The lowest BCUT2D eigenvalue weighted by atomic mass is 9.97. The predicted molar refractivity (Wildman–Crippen MR) is 128 cm³/mol. The molecule has 0 radical (unpaired) electrons. The maximum Gasteiger partial charge on any atom is 0.240 e. The van der Waals surface area contributed by atoms with Crippen LogP contribution in [0.4, 0.5) is 0 Å². The zero-order valence-corrected chi connectivity index (χ0v) is 18.0. The fraction of sp³-hybridized carbons (Fsp3) is 0.154. The van der Waals surface area contributed by atoms with E-state index in [0.29, 0.717) is 24.5 Å². The molecule has 0 atom stereocenters. The van der Waals surface area contributed by atoms with Gasteiger partial charge in [-0.15, -0.1) is 0 Å². The van der Waals surface area contributed by atoms with Gasteiger partial charge in [0, 0.05) is 17.0 Å². The molecule has 4 aromatic carbocycles. The normalized spacial score (nSPS) is 11.3. The number of hydrogen-bond acceptors (Lipinski definition) is 3. The van der Waals surface area contributed by atoms with Crippen molar-refractivity contribution in [2.45, 2.75) is 19.8 Å². The number of rotatable bonds is 7. The van der Waals surface area contributed by atoms with Crippen LogP contribution in [-0.4, -0.2) is 18.7 Å². The molecule has 0 saturated heterocycles. The van der Waals surface area contributed by atoms with Crippen molar-refractivity contribution in [3.8, 4) is 5.75 Å². The van der Waals surface area contributed by atoms with E-state index < -0.39 is 0 Å². The molecular weight excluding hydrogens is 408 g/mol. The molecule has 0 aliphatic heterocycles. The highest BCUT2D eigenvalue weighted by Gasteiger charge is 2.06. The average molecular weight is 431 g/mol. The summed E-state index contributed by atoms with van der Waals surface area (Å²) in [5.41, 5.74) is 4.61.